The molecule has 1 unspecified atom stereocenters. The smallest absolute Gasteiger partial charge is 0.158 e. The number of hydrogen-bond acceptors (Lipinski definition) is 5. The van der Waals surface area contributed by atoms with Crippen molar-refractivity contribution in [2.45, 2.75) is 32.2 Å². The summed E-state index contributed by atoms with van der Waals surface area (Å²) in [7, 11) is 0. The molecule has 0 spiro atoms. The van der Waals surface area contributed by atoms with Gasteiger partial charge in [0.25, 0.3) is 0 Å². The molecule has 0 bridgehead atoms. The Morgan fingerprint density at radius 3 is 2.81 bits per heavy atom. The van der Waals surface area contributed by atoms with Crippen LogP contribution in [0.15, 0.2) is 12.4 Å². The van der Waals surface area contributed by atoms with Gasteiger partial charge < -0.3 is 11.1 Å². The van der Waals surface area contributed by atoms with E-state index in [1.807, 2.05) is 6.07 Å². The second-order valence-corrected chi connectivity index (χ2v) is 3.62. The maximum Gasteiger partial charge on any atom is 0.158 e. The second-order valence-electron chi connectivity index (χ2n) is 3.62. The molecule has 5 nitrogen and oxygen atoms in total. The third-order valence-electron chi connectivity index (χ3n) is 2.31. The molecule has 0 saturated heterocycles. The van der Waals surface area contributed by atoms with Crippen LogP contribution in [0.5, 0.6) is 0 Å². The molecule has 1 rings (SSSR count). The fourth-order valence-electron chi connectivity index (χ4n) is 1.37. The number of nitrogens with two attached hydrogens (primary N) is 1. The first-order chi connectivity index (χ1) is 7.80. The largest absolute Gasteiger partial charge is 0.365 e. The molecule has 0 amide bonds. The van der Waals surface area contributed by atoms with Gasteiger partial charge in [0.2, 0.25) is 0 Å². The van der Waals surface area contributed by atoms with Crippen molar-refractivity contribution in [1.29, 1.82) is 5.26 Å². The van der Waals surface area contributed by atoms with E-state index in [2.05, 4.69) is 22.2 Å². The van der Waals surface area contributed by atoms with Gasteiger partial charge in [-0.05, 0) is 6.42 Å². The predicted molar refractivity (Wildman–Crippen MR) is 62.7 cm³/mol. The molecule has 0 radical (unpaired) electrons. The number of unbranched alkanes of at least 4 members (excludes halogenated alkanes) is 1. The van der Waals surface area contributed by atoms with Gasteiger partial charge in [-0.15, -0.1) is 0 Å². The molecular formula is C11H17N5. The molecule has 1 aromatic heterocycles. The molecular weight excluding hydrogens is 202 g/mol. The zero-order valence-corrected chi connectivity index (χ0v) is 9.48. The molecule has 0 saturated carbocycles. The van der Waals surface area contributed by atoms with Crippen molar-refractivity contribution in [2.24, 2.45) is 5.73 Å². The van der Waals surface area contributed by atoms with E-state index in [1.165, 1.54) is 6.20 Å². The van der Waals surface area contributed by atoms with Crippen LogP contribution in [0, 0.1) is 11.3 Å². The average molecular weight is 219 g/mol. The first-order valence-electron chi connectivity index (χ1n) is 5.49. The highest BCUT2D eigenvalue weighted by atomic mass is 15.0. The van der Waals surface area contributed by atoms with Crippen LogP contribution in [0.25, 0.3) is 0 Å². The van der Waals surface area contributed by atoms with Crippen LogP contribution in [-0.4, -0.2) is 22.6 Å². The Bertz CT molecular complexity index is 340. The lowest BCUT2D eigenvalue weighted by Gasteiger charge is -2.16. The molecule has 1 aromatic rings. The van der Waals surface area contributed by atoms with Crippen molar-refractivity contribution in [3.8, 4) is 6.07 Å². The van der Waals surface area contributed by atoms with Gasteiger partial charge in [0.1, 0.15) is 11.9 Å². The summed E-state index contributed by atoms with van der Waals surface area (Å²) in [5.74, 6) is 0.672. The van der Waals surface area contributed by atoms with E-state index in [1.54, 1.807) is 6.20 Å². The lowest BCUT2D eigenvalue weighted by atomic mass is 10.1. The van der Waals surface area contributed by atoms with Crippen LogP contribution in [0.2, 0.25) is 0 Å². The molecule has 0 aliphatic carbocycles. The normalized spacial score (nSPS) is 11.8. The zero-order chi connectivity index (χ0) is 11.8. The highest BCUT2D eigenvalue weighted by Gasteiger charge is 2.06. The fourth-order valence-corrected chi connectivity index (χ4v) is 1.37. The van der Waals surface area contributed by atoms with Crippen molar-refractivity contribution in [3.63, 3.8) is 0 Å². The minimum absolute atomic E-state index is 0.224. The number of nitrogens with one attached hydrogen (secondary N) is 1. The van der Waals surface area contributed by atoms with Crippen LogP contribution in [0.1, 0.15) is 31.9 Å². The van der Waals surface area contributed by atoms with Gasteiger partial charge in [-0.2, -0.15) is 5.26 Å². The van der Waals surface area contributed by atoms with E-state index in [0.717, 1.165) is 19.3 Å². The summed E-state index contributed by atoms with van der Waals surface area (Å²) >= 11 is 0. The molecule has 5 heteroatoms. The second kappa shape index (κ2) is 6.75. The summed E-state index contributed by atoms with van der Waals surface area (Å²) in [5.41, 5.74) is 5.98. The van der Waals surface area contributed by atoms with Crippen molar-refractivity contribution in [1.82, 2.24) is 9.97 Å². The van der Waals surface area contributed by atoms with Gasteiger partial charge in [-0.3, -0.25) is 0 Å². The Labute approximate surface area is 95.7 Å². The third-order valence-corrected chi connectivity index (χ3v) is 2.31. The lowest BCUT2D eigenvalue weighted by molar-refractivity contribution is 0.612. The van der Waals surface area contributed by atoms with Crippen molar-refractivity contribution in [2.75, 3.05) is 11.9 Å². The summed E-state index contributed by atoms with van der Waals surface area (Å²) < 4.78 is 0. The fraction of sp³-hybridized carbons (Fsp3) is 0.545. The number of nitrogens with zero attached hydrogens (tertiary/aromatic N) is 3. The molecule has 1 heterocycles. The van der Waals surface area contributed by atoms with E-state index in [0.29, 0.717) is 18.1 Å². The van der Waals surface area contributed by atoms with E-state index in [4.69, 9.17) is 11.0 Å². The number of nitriles is 1. The van der Waals surface area contributed by atoms with Crippen LogP contribution in [0.3, 0.4) is 0 Å². The Morgan fingerprint density at radius 1 is 1.50 bits per heavy atom. The van der Waals surface area contributed by atoms with Crippen molar-refractivity contribution >= 4 is 5.82 Å². The summed E-state index contributed by atoms with van der Waals surface area (Å²) in [6.07, 6.45) is 6.33. The average Bonchev–Trinajstić information content (AvgIpc) is 2.35. The molecule has 86 valence electrons. The van der Waals surface area contributed by atoms with Crippen LogP contribution in [0.4, 0.5) is 5.82 Å². The third kappa shape index (κ3) is 3.83. The summed E-state index contributed by atoms with van der Waals surface area (Å²) in [5, 5.41) is 11.8. The lowest BCUT2D eigenvalue weighted by Crippen LogP contribution is -2.29. The molecule has 3 N–H and O–H groups in total. The number of aromatic nitrogens is 2. The maximum atomic E-state index is 8.58. The molecule has 16 heavy (non-hydrogen) atoms. The standard InChI is InChI=1S/C11H17N5/c1-2-3-4-9(5-12)16-11-8-14-10(6-13)7-15-11/h7-9H,2-5,12H2,1H3,(H,15,16). The monoisotopic (exact) mass is 219 g/mol. The minimum atomic E-state index is 0.224. The molecule has 0 fully saturated rings. The summed E-state index contributed by atoms with van der Waals surface area (Å²) in [6, 6.07) is 2.15. The highest BCUT2D eigenvalue weighted by molar-refractivity contribution is 5.34. The molecule has 0 aliphatic heterocycles. The Hall–Kier alpha value is -1.67. The van der Waals surface area contributed by atoms with E-state index in [-0.39, 0.29) is 6.04 Å². The molecule has 0 aliphatic rings. The van der Waals surface area contributed by atoms with Gasteiger partial charge in [0.05, 0.1) is 12.4 Å². The SMILES string of the molecule is CCCCC(CN)Nc1cnc(C#N)cn1. The first-order valence-corrected chi connectivity index (χ1v) is 5.49. The van der Waals surface area contributed by atoms with E-state index >= 15 is 0 Å². The highest BCUT2D eigenvalue weighted by Crippen LogP contribution is 2.07. The number of rotatable bonds is 6. The molecule has 0 aromatic carbocycles. The Kier molecular flexibility index (Phi) is 5.23. The quantitative estimate of drug-likeness (QED) is 0.752. The van der Waals surface area contributed by atoms with Crippen molar-refractivity contribution in [3.05, 3.63) is 18.1 Å². The zero-order valence-electron chi connectivity index (χ0n) is 9.48. The van der Waals surface area contributed by atoms with Gasteiger partial charge in [-0.1, -0.05) is 19.8 Å². The van der Waals surface area contributed by atoms with E-state index < -0.39 is 0 Å². The van der Waals surface area contributed by atoms with E-state index in [9.17, 15) is 0 Å². The molecule has 1 atom stereocenters. The van der Waals surface area contributed by atoms with Gasteiger partial charge >= 0.3 is 0 Å². The topological polar surface area (TPSA) is 87.6 Å². The van der Waals surface area contributed by atoms with Gasteiger partial charge in [-0.25, -0.2) is 9.97 Å². The van der Waals surface area contributed by atoms with Crippen LogP contribution >= 0.6 is 0 Å². The van der Waals surface area contributed by atoms with Crippen LogP contribution < -0.4 is 11.1 Å². The predicted octanol–water partition coefficient (Wildman–Crippen LogP) is 1.28. The van der Waals surface area contributed by atoms with Gasteiger partial charge in [0, 0.05) is 12.6 Å². The summed E-state index contributed by atoms with van der Waals surface area (Å²) in [4.78, 5) is 8.03. The minimum Gasteiger partial charge on any atom is -0.365 e. The van der Waals surface area contributed by atoms with Crippen molar-refractivity contribution < 1.29 is 0 Å². The summed E-state index contributed by atoms with van der Waals surface area (Å²) in [6.45, 7) is 2.72. The maximum absolute atomic E-state index is 8.58. The first kappa shape index (κ1) is 12.4. The van der Waals surface area contributed by atoms with Crippen LogP contribution in [-0.2, 0) is 0 Å². The number of hydrogen-bond donors (Lipinski definition) is 2. The Morgan fingerprint density at radius 2 is 2.31 bits per heavy atom. The number of anilines is 1. The van der Waals surface area contributed by atoms with Gasteiger partial charge in [0.15, 0.2) is 5.69 Å². The Balaban J connectivity index is 2.53.